The smallest absolute Gasteiger partial charge is 0.285 e. The van der Waals surface area contributed by atoms with E-state index in [4.69, 9.17) is 5.11 Å². The average Bonchev–Trinajstić information content (AvgIpc) is 1.59. The topological polar surface area (TPSA) is 20.2 Å². The summed E-state index contributed by atoms with van der Waals surface area (Å²) in [5.41, 5.74) is 0. The minimum atomic E-state index is -9.19. The second-order valence-corrected chi connectivity index (χ2v) is 4.93. The lowest BCUT2D eigenvalue weighted by molar-refractivity contribution is 0.284. The standard InChI is InChI=1S/C4H9F5OS/c5-11(6,7,8,9)4-2-1-3-10/h10H,1-4H2. The zero-order valence-electron chi connectivity index (χ0n) is 5.57. The van der Waals surface area contributed by atoms with E-state index in [2.05, 4.69) is 0 Å². The van der Waals surface area contributed by atoms with Crippen LogP contribution in [-0.2, 0) is 0 Å². The van der Waals surface area contributed by atoms with Gasteiger partial charge in [-0.05, 0) is 12.8 Å². The number of halogens is 5. The minimum absolute atomic E-state index is 0.244. The summed E-state index contributed by atoms with van der Waals surface area (Å²) in [6.45, 7) is -0.492. The number of unbranched alkanes of at least 4 members (excludes halogenated alkanes) is 1. The van der Waals surface area contributed by atoms with Crippen LogP contribution in [-0.4, -0.2) is 17.5 Å². The predicted molar refractivity (Wildman–Crippen MR) is 34.3 cm³/mol. The molecule has 0 aromatic rings. The zero-order valence-corrected chi connectivity index (χ0v) is 6.39. The molecule has 0 aromatic carbocycles. The second-order valence-electron chi connectivity index (χ2n) is 2.26. The van der Waals surface area contributed by atoms with Crippen molar-refractivity contribution in [1.29, 1.82) is 0 Å². The monoisotopic (exact) mass is 200 g/mol. The van der Waals surface area contributed by atoms with Crippen LogP contribution in [0.5, 0.6) is 0 Å². The van der Waals surface area contributed by atoms with Gasteiger partial charge in [0.05, 0.1) is 5.75 Å². The Hall–Kier alpha value is -0.0400. The number of rotatable bonds is 4. The van der Waals surface area contributed by atoms with Crippen molar-refractivity contribution in [3.05, 3.63) is 0 Å². The Morgan fingerprint density at radius 2 is 1.36 bits per heavy atom. The van der Waals surface area contributed by atoms with Crippen molar-refractivity contribution in [3.63, 3.8) is 0 Å². The third-order valence-corrected chi connectivity index (χ3v) is 2.00. The largest absolute Gasteiger partial charge is 0.396 e. The molecule has 0 rings (SSSR count). The van der Waals surface area contributed by atoms with Gasteiger partial charge in [-0.1, -0.05) is 19.4 Å². The SMILES string of the molecule is OCCCCS(F)(F)(F)(F)F. The summed E-state index contributed by atoms with van der Waals surface area (Å²) in [4.78, 5) is 0. The van der Waals surface area contributed by atoms with Crippen molar-refractivity contribution in [2.24, 2.45) is 0 Å². The molecule has 0 bridgehead atoms. The fourth-order valence-electron chi connectivity index (χ4n) is 0.487. The van der Waals surface area contributed by atoms with Crippen molar-refractivity contribution < 1.29 is 24.5 Å². The highest BCUT2D eigenvalue weighted by molar-refractivity contribution is 8.45. The Bertz CT molecular complexity index is 135. The third kappa shape index (κ3) is 9.96. The molecule has 0 aliphatic heterocycles. The van der Waals surface area contributed by atoms with Crippen LogP contribution in [0.25, 0.3) is 0 Å². The normalized spacial score (nSPS) is 19.1. The highest BCUT2D eigenvalue weighted by Crippen LogP contribution is 2.97. The lowest BCUT2D eigenvalue weighted by Gasteiger charge is -2.40. The third-order valence-electron chi connectivity index (χ3n) is 0.938. The fraction of sp³-hybridized carbons (Fsp3) is 1.00. The number of aliphatic hydroxyl groups excluding tert-OH is 1. The Labute approximate surface area is 60.9 Å². The van der Waals surface area contributed by atoms with Gasteiger partial charge in [-0.15, -0.1) is 0 Å². The first kappa shape index (κ1) is 11.0. The molecule has 0 atom stereocenters. The van der Waals surface area contributed by atoms with Crippen LogP contribution in [0.3, 0.4) is 0 Å². The molecule has 0 fully saturated rings. The van der Waals surface area contributed by atoms with E-state index in [-0.39, 0.29) is 6.42 Å². The highest BCUT2D eigenvalue weighted by Gasteiger charge is 2.62. The van der Waals surface area contributed by atoms with Gasteiger partial charge in [0.2, 0.25) is 0 Å². The van der Waals surface area contributed by atoms with E-state index in [1.807, 2.05) is 0 Å². The first-order chi connectivity index (χ1) is 4.54. The summed E-state index contributed by atoms with van der Waals surface area (Å²) in [5, 5.41) is 8.03. The van der Waals surface area contributed by atoms with Gasteiger partial charge in [-0.25, -0.2) is 0 Å². The zero-order chi connectivity index (χ0) is 9.24. The van der Waals surface area contributed by atoms with Crippen molar-refractivity contribution >= 4 is 10.2 Å². The molecule has 1 nitrogen and oxygen atoms in total. The average molecular weight is 200 g/mol. The van der Waals surface area contributed by atoms with Crippen LogP contribution in [0.1, 0.15) is 12.8 Å². The number of aliphatic hydroxyl groups is 1. The quantitative estimate of drug-likeness (QED) is 0.546. The van der Waals surface area contributed by atoms with E-state index in [0.29, 0.717) is 0 Å². The van der Waals surface area contributed by atoms with Crippen LogP contribution in [0.15, 0.2) is 0 Å². The molecule has 0 saturated heterocycles. The lowest BCUT2D eigenvalue weighted by atomic mass is 10.4. The maximum atomic E-state index is 11.5. The molecule has 7 heteroatoms. The summed E-state index contributed by atoms with van der Waals surface area (Å²) >= 11 is 0. The molecule has 0 aromatic heterocycles. The summed E-state index contributed by atoms with van der Waals surface area (Å²) in [6.07, 6.45) is -0.958. The van der Waals surface area contributed by atoms with Gasteiger partial charge in [-0.3, -0.25) is 0 Å². The van der Waals surface area contributed by atoms with Gasteiger partial charge in [0.15, 0.2) is 0 Å². The van der Waals surface area contributed by atoms with E-state index in [0.717, 1.165) is 0 Å². The summed E-state index contributed by atoms with van der Waals surface area (Å²) in [6, 6.07) is 0. The summed E-state index contributed by atoms with van der Waals surface area (Å²) in [5.74, 6) is -2.07. The highest BCUT2D eigenvalue weighted by atomic mass is 32.5. The molecule has 11 heavy (non-hydrogen) atoms. The van der Waals surface area contributed by atoms with Gasteiger partial charge in [0.1, 0.15) is 0 Å². The van der Waals surface area contributed by atoms with Gasteiger partial charge in [0.25, 0.3) is 10.2 Å². The minimum Gasteiger partial charge on any atom is -0.396 e. The molecule has 0 unspecified atom stereocenters. The molecule has 0 aliphatic carbocycles. The van der Waals surface area contributed by atoms with Gasteiger partial charge >= 0.3 is 0 Å². The second kappa shape index (κ2) is 2.22. The van der Waals surface area contributed by atoms with E-state index in [1.54, 1.807) is 0 Å². The number of hydrogen-bond acceptors (Lipinski definition) is 1. The molecule has 0 saturated carbocycles. The van der Waals surface area contributed by atoms with E-state index < -0.39 is 29.0 Å². The first-order valence-electron chi connectivity index (χ1n) is 2.88. The molecule has 0 amide bonds. The van der Waals surface area contributed by atoms with Gasteiger partial charge in [0, 0.05) is 6.61 Å². The Morgan fingerprint density at radius 1 is 0.909 bits per heavy atom. The Kier molecular flexibility index (Phi) is 2.22. The van der Waals surface area contributed by atoms with Crippen LogP contribution < -0.4 is 0 Å². The van der Waals surface area contributed by atoms with Crippen LogP contribution >= 0.6 is 10.2 Å². The van der Waals surface area contributed by atoms with Crippen molar-refractivity contribution in [1.82, 2.24) is 0 Å². The first-order valence-corrected chi connectivity index (χ1v) is 5.00. The lowest BCUT2D eigenvalue weighted by Crippen LogP contribution is -2.11. The fourth-order valence-corrected chi connectivity index (χ4v) is 1.24. The van der Waals surface area contributed by atoms with Crippen LogP contribution in [0, 0.1) is 0 Å². The van der Waals surface area contributed by atoms with Crippen molar-refractivity contribution in [2.45, 2.75) is 12.8 Å². The Morgan fingerprint density at radius 3 is 1.64 bits per heavy atom. The van der Waals surface area contributed by atoms with Gasteiger partial charge in [-0.2, -0.15) is 0 Å². The summed E-state index contributed by atoms with van der Waals surface area (Å²) < 4.78 is 57.3. The maximum absolute atomic E-state index is 11.5. The van der Waals surface area contributed by atoms with Crippen LogP contribution in [0.2, 0.25) is 0 Å². The van der Waals surface area contributed by atoms with E-state index in [1.165, 1.54) is 0 Å². The van der Waals surface area contributed by atoms with Crippen molar-refractivity contribution in [3.8, 4) is 0 Å². The summed E-state index contributed by atoms with van der Waals surface area (Å²) in [7, 11) is -9.19. The van der Waals surface area contributed by atoms with E-state index in [9.17, 15) is 19.4 Å². The predicted octanol–water partition coefficient (Wildman–Crippen LogP) is 3.06. The van der Waals surface area contributed by atoms with Crippen LogP contribution in [0.4, 0.5) is 19.4 Å². The van der Waals surface area contributed by atoms with Crippen molar-refractivity contribution in [2.75, 3.05) is 12.4 Å². The molecule has 72 valence electrons. The molecule has 1 N–H and O–H groups in total. The molecular weight excluding hydrogens is 191 g/mol. The molecule has 0 spiro atoms. The Balaban J connectivity index is 3.95. The van der Waals surface area contributed by atoms with Gasteiger partial charge < -0.3 is 5.11 Å². The molecule has 0 heterocycles. The number of hydrogen-bond donors (Lipinski definition) is 1. The molecule has 0 radical (unpaired) electrons. The maximum Gasteiger partial charge on any atom is 0.285 e. The molecular formula is C4H9F5OS. The molecule has 0 aliphatic rings. The van der Waals surface area contributed by atoms with E-state index >= 15 is 0 Å².